The maximum absolute atomic E-state index is 11.3. The highest BCUT2D eigenvalue weighted by atomic mass is 35.5. The van der Waals surface area contributed by atoms with E-state index in [-0.39, 0.29) is 11.8 Å². The number of hydrogen-bond donors (Lipinski definition) is 3. The standard InChI is InChI=1S/C17H15ClN4O3S/c1-25-17(24)22-16-20-13-7-6-12(8-14(13)21-16)26-11-4-2-10(3-5-11)19-15(23)9-18/h2-8H,9H2,1H3,(H,19,23)(H2,20,21,22,24). The molecule has 2 aromatic carbocycles. The number of anilines is 2. The van der Waals surface area contributed by atoms with Crippen molar-refractivity contribution in [3.63, 3.8) is 0 Å². The lowest BCUT2D eigenvalue weighted by Crippen LogP contribution is -2.12. The van der Waals surface area contributed by atoms with Gasteiger partial charge in [0.1, 0.15) is 5.88 Å². The van der Waals surface area contributed by atoms with Crippen molar-refractivity contribution in [2.24, 2.45) is 0 Å². The number of H-pyrrole nitrogens is 1. The van der Waals surface area contributed by atoms with Gasteiger partial charge in [-0.15, -0.1) is 11.6 Å². The topological polar surface area (TPSA) is 96.1 Å². The fourth-order valence-electron chi connectivity index (χ4n) is 2.20. The molecular weight excluding hydrogens is 376 g/mol. The van der Waals surface area contributed by atoms with Crippen LogP contribution >= 0.6 is 23.4 Å². The number of ether oxygens (including phenoxy) is 1. The number of carbonyl (C=O) groups is 2. The Labute approximate surface area is 158 Å². The van der Waals surface area contributed by atoms with Crippen LogP contribution in [0.3, 0.4) is 0 Å². The number of hydrogen-bond acceptors (Lipinski definition) is 5. The molecule has 0 saturated heterocycles. The van der Waals surface area contributed by atoms with Crippen molar-refractivity contribution < 1.29 is 14.3 Å². The summed E-state index contributed by atoms with van der Waals surface area (Å²) in [5.74, 6) is 0.00887. The zero-order valence-electron chi connectivity index (χ0n) is 13.7. The van der Waals surface area contributed by atoms with Crippen LogP contribution in [0.25, 0.3) is 11.0 Å². The number of nitrogens with zero attached hydrogens (tertiary/aromatic N) is 1. The van der Waals surface area contributed by atoms with Gasteiger partial charge in [-0.1, -0.05) is 11.8 Å². The number of rotatable bonds is 5. The highest BCUT2D eigenvalue weighted by Crippen LogP contribution is 2.30. The average Bonchev–Trinajstić information content (AvgIpc) is 3.04. The lowest BCUT2D eigenvalue weighted by molar-refractivity contribution is -0.113. The number of halogens is 1. The van der Waals surface area contributed by atoms with Crippen molar-refractivity contribution in [1.82, 2.24) is 9.97 Å². The monoisotopic (exact) mass is 390 g/mol. The summed E-state index contributed by atoms with van der Waals surface area (Å²) in [4.78, 5) is 31.8. The quantitative estimate of drug-likeness (QED) is 0.570. The Kier molecular flexibility index (Phi) is 5.65. The molecule has 0 aliphatic carbocycles. The van der Waals surface area contributed by atoms with Crippen LogP contribution in [0.5, 0.6) is 0 Å². The van der Waals surface area contributed by atoms with Crippen LogP contribution in [-0.2, 0) is 9.53 Å². The second-order valence-electron chi connectivity index (χ2n) is 5.19. The van der Waals surface area contributed by atoms with Gasteiger partial charge < -0.3 is 15.0 Å². The Bertz CT molecular complexity index is 943. The van der Waals surface area contributed by atoms with Gasteiger partial charge in [-0.2, -0.15) is 0 Å². The van der Waals surface area contributed by atoms with E-state index in [0.29, 0.717) is 11.6 Å². The van der Waals surface area contributed by atoms with Crippen molar-refractivity contribution in [1.29, 1.82) is 0 Å². The van der Waals surface area contributed by atoms with Gasteiger partial charge in [0.05, 0.1) is 18.1 Å². The van der Waals surface area contributed by atoms with Gasteiger partial charge in [-0.25, -0.2) is 9.78 Å². The summed E-state index contributed by atoms with van der Waals surface area (Å²) in [5.41, 5.74) is 2.23. The summed E-state index contributed by atoms with van der Waals surface area (Å²) < 4.78 is 4.55. The third kappa shape index (κ3) is 4.47. The van der Waals surface area contributed by atoms with Crippen molar-refractivity contribution in [3.8, 4) is 0 Å². The van der Waals surface area contributed by atoms with Crippen LogP contribution in [0.2, 0.25) is 0 Å². The molecule has 0 fully saturated rings. The zero-order chi connectivity index (χ0) is 18.5. The van der Waals surface area contributed by atoms with E-state index in [0.717, 1.165) is 20.8 Å². The third-order valence-corrected chi connectivity index (χ3v) is 4.59. The van der Waals surface area contributed by atoms with Crippen LogP contribution < -0.4 is 10.6 Å². The fraction of sp³-hybridized carbons (Fsp3) is 0.118. The molecule has 0 saturated carbocycles. The predicted molar refractivity (Wildman–Crippen MR) is 102 cm³/mol. The molecule has 1 aromatic heterocycles. The molecule has 3 N–H and O–H groups in total. The molecule has 134 valence electrons. The Morgan fingerprint density at radius 1 is 1.15 bits per heavy atom. The van der Waals surface area contributed by atoms with Crippen LogP contribution in [0.15, 0.2) is 52.3 Å². The number of amides is 2. The van der Waals surface area contributed by atoms with E-state index in [2.05, 4.69) is 25.3 Å². The Hall–Kier alpha value is -2.71. The lowest BCUT2D eigenvalue weighted by atomic mass is 10.3. The number of methoxy groups -OCH3 is 1. The first-order valence-electron chi connectivity index (χ1n) is 7.56. The lowest BCUT2D eigenvalue weighted by Gasteiger charge is -2.05. The summed E-state index contributed by atoms with van der Waals surface area (Å²) in [6.45, 7) is 0. The number of imidazole rings is 1. The van der Waals surface area contributed by atoms with E-state index in [1.807, 2.05) is 42.5 Å². The molecule has 0 aliphatic rings. The van der Waals surface area contributed by atoms with Crippen molar-refractivity contribution >= 4 is 58.0 Å². The number of benzene rings is 2. The van der Waals surface area contributed by atoms with E-state index in [1.165, 1.54) is 7.11 Å². The van der Waals surface area contributed by atoms with Crippen molar-refractivity contribution in [2.45, 2.75) is 9.79 Å². The molecule has 26 heavy (non-hydrogen) atoms. The molecule has 0 atom stereocenters. The largest absolute Gasteiger partial charge is 0.453 e. The zero-order valence-corrected chi connectivity index (χ0v) is 15.3. The van der Waals surface area contributed by atoms with E-state index in [4.69, 9.17) is 11.6 Å². The highest BCUT2D eigenvalue weighted by molar-refractivity contribution is 7.99. The maximum Gasteiger partial charge on any atom is 0.413 e. The highest BCUT2D eigenvalue weighted by Gasteiger charge is 2.08. The molecule has 0 bridgehead atoms. The van der Waals surface area contributed by atoms with Crippen molar-refractivity contribution in [3.05, 3.63) is 42.5 Å². The molecule has 7 nitrogen and oxygen atoms in total. The van der Waals surface area contributed by atoms with Gasteiger partial charge in [-0.05, 0) is 42.5 Å². The van der Waals surface area contributed by atoms with Gasteiger partial charge >= 0.3 is 6.09 Å². The summed E-state index contributed by atoms with van der Waals surface area (Å²) >= 11 is 7.04. The van der Waals surface area contributed by atoms with E-state index < -0.39 is 6.09 Å². The molecule has 0 spiro atoms. The minimum atomic E-state index is -0.583. The number of nitrogens with one attached hydrogen (secondary N) is 3. The van der Waals surface area contributed by atoms with Gasteiger partial charge in [0.15, 0.2) is 0 Å². The normalized spacial score (nSPS) is 10.5. The molecule has 1 heterocycles. The van der Waals surface area contributed by atoms with Gasteiger partial charge in [0.2, 0.25) is 11.9 Å². The Balaban J connectivity index is 1.72. The Morgan fingerprint density at radius 3 is 2.58 bits per heavy atom. The van der Waals surface area contributed by atoms with Crippen LogP contribution in [0.1, 0.15) is 0 Å². The van der Waals surface area contributed by atoms with E-state index in [9.17, 15) is 9.59 Å². The second kappa shape index (κ2) is 8.11. The first-order chi connectivity index (χ1) is 12.6. The number of carbonyl (C=O) groups excluding carboxylic acids is 2. The molecule has 3 aromatic rings. The molecule has 0 unspecified atom stereocenters. The minimum absolute atomic E-state index is 0.0759. The molecule has 0 aliphatic heterocycles. The fourth-order valence-corrected chi connectivity index (χ4v) is 3.12. The number of fused-ring (bicyclic) bond motifs is 1. The van der Waals surface area contributed by atoms with Gasteiger partial charge in [0, 0.05) is 15.5 Å². The van der Waals surface area contributed by atoms with Gasteiger partial charge in [-0.3, -0.25) is 10.1 Å². The summed E-state index contributed by atoms with van der Waals surface area (Å²) in [7, 11) is 1.29. The SMILES string of the molecule is COC(=O)Nc1nc2ccc(Sc3ccc(NC(=O)CCl)cc3)cc2[nH]1. The van der Waals surface area contributed by atoms with Gasteiger partial charge in [0.25, 0.3) is 0 Å². The number of alkyl halides is 1. The van der Waals surface area contributed by atoms with Crippen LogP contribution in [0, 0.1) is 0 Å². The smallest absolute Gasteiger partial charge is 0.413 e. The molecular formula is C17H15ClN4O3S. The summed E-state index contributed by atoms with van der Waals surface area (Å²) in [6, 6.07) is 13.2. The second-order valence-corrected chi connectivity index (χ2v) is 6.60. The predicted octanol–water partition coefficient (Wildman–Crippen LogP) is 4.07. The summed E-state index contributed by atoms with van der Waals surface area (Å²) in [6.07, 6.45) is -0.583. The number of aromatic nitrogens is 2. The van der Waals surface area contributed by atoms with E-state index in [1.54, 1.807) is 11.8 Å². The molecule has 0 radical (unpaired) electrons. The molecule has 9 heteroatoms. The average molecular weight is 391 g/mol. The van der Waals surface area contributed by atoms with Crippen LogP contribution in [0.4, 0.5) is 16.4 Å². The number of aromatic amines is 1. The summed E-state index contributed by atoms with van der Waals surface area (Å²) in [5, 5.41) is 5.19. The van der Waals surface area contributed by atoms with Crippen LogP contribution in [-0.4, -0.2) is 35.0 Å². The minimum Gasteiger partial charge on any atom is -0.453 e. The third-order valence-electron chi connectivity index (χ3n) is 3.35. The van der Waals surface area contributed by atoms with E-state index >= 15 is 0 Å². The Morgan fingerprint density at radius 2 is 1.88 bits per heavy atom. The molecule has 2 amide bonds. The van der Waals surface area contributed by atoms with Crippen molar-refractivity contribution in [2.75, 3.05) is 23.6 Å². The molecule has 3 rings (SSSR count). The first kappa shape index (κ1) is 18.1. The first-order valence-corrected chi connectivity index (χ1v) is 8.91. The maximum atomic E-state index is 11.3.